The van der Waals surface area contributed by atoms with E-state index in [0.717, 1.165) is 15.4 Å². The molecule has 0 aliphatic rings. The Bertz CT molecular complexity index is 1250. The van der Waals surface area contributed by atoms with Crippen molar-refractivity contribution < 1.29 is 17.9 Å². The Morgan fingerprint density at radius 3 is 2.34 bits per heavy atom. The quantitative estimate of drug-likeness (QED) is 0.428. The number of rotatable bonds is 7. The van der Waals surface area contributed by atoms with E-state index in [0.29, 0.717) is 26.6 Å². The molecule has 0 bridgehead atoms. The van der Waals surface area contributed by atoms with Gasteiger partial charge in [-0.3, -0.25) is 9.10 Å². The molecule has 0 unspecified atom stereocenters. The van der Waals surface area contributed by atoms with Gasteiger partial charge >= 0.3 is 0 Å². The Kier molecular flexibility index (Phi) is 7.48. The van der Waals surface area contributed by atoms with E-state index in [1.54, 1.807) is 48.5 Å². The zero-order valence-electron chi connectivity index (χ0n) is 17.7. The third kappa shape index (κ3) is 5.43. The summed E-state index contributed by atoms with van der Waals surface area (Å²) < 4.78 is 33.8. The number of aryl methyl sites for hydroxylation is 2. The first-order valence-corrected chi connectivity index (χ1v) is 12.2. The summed E-state index contributed by atoms with van der Waals surface area (Å²) in [7, 11) is -2.56. The molecule has 0 heterocycles. The minimum atomic E-state index is -4.06. The minimum Gasteiger partial charge on any atom is -0.496 e. The lowest BCUT2D eigenvalue weighted by Gasteiger charge is -2.24. The number of amides is 1. The van der Waals surface area contributed by atoms with Gasteiger partial charge in [0.1, 0.15) is 12.3 Å². The number of carbonyl (C=O) groups excluding carboxylic acids is 1. The van der Waals surface area contributed by atoms with Crippen molar-refractivity contribution in [2.24, 2.45) is 0 Å². The van der Waals surface area contributed by atoms with Crippen molar-refractivity contribution in [3.63, 3.8) is 0 Å². The van der Waals surface area contributed by atoms with E-state index in [1.807, 2.05) is 13.8 Å². The number of nitrogens with zero attached hydrogens (tertiary/aromatic N) is 1. The molecule has 1 amide bonds. The maximum absolute atomic E-state index is 13.5. The molecule has 0 saturated carbocycles. The SMILES string of the molecule is COc1ccc(S(=O)(=O)N(CC(=O)Nc2ccc(C)c(Cl)c2)c2ccc(C)cc2)cc1Br. The standard InChI is InChI=1S/C23H22BrClN2O4S/c1-15-4-8-18(9-5-15)27(14-23(28)26-17-7-6-16(2)21(25)12-17)32(29,30)19-10-11-22(31-3)20(24)13-19/h4-13H,14H2,1-3H3,(H,26,28). The predicted molar refractivity (Wildman–Crippen MR) is 131 cm³/mol. The summed E-state index contributed by atoms with van der Waals surface area (Å²) in [5, 5.41) is 3.22. The van der Waals surface area contributed by atoms with Gasteiger partial charge in [-0.15, -0.1) is 0 Å². The van der Waals surface area contributed by atoms with Crippen LogP contribution >= 0.6 is 27.5 Å². The van der Waals surface area contributed by atoms with Crippen molar-refractivity contribution in [2.45, 2.75) is 18.7 Å². The molecule has 6 nitrogen and oxygen atoms in total. The third-order valence-electron chi connectivity index (χ3n) is 4.78. The van der Waals surface area contributed by atoms with E-state index in [2.05, 4.69) is 21.2 Å². The Hall–Kier alpha value is -2.55. The zero-order chi connectivity index (χ0) is 23.5. The number of carbonyl (C=O) groups is 1. The molecular weight excluding hydrogens is 516 g/mol. The number of benzene rings is 3. The minimum absolute atomic E-state index is 0.0249. The smallest absolute Gasteiger partial charge is 0.264 e. The van der Waals surface area contributed by atoms with Crippen LogP contribution in [0.3, 0.4) is 0 Å². The molecule has 32 heavy (non-hydrogen) atoms. The number of nitrogens with one attached hydrogen (secondary N) is 1. The molecule has 0 atom stereocenters. The molecular formula is C23H22BrClN2O4S. The Labute approximate surface area is 201 Å². The van der Waals surface area contributed by atoms with Crippen molar-refractivity contribution in [3.8, 4) is 5.75 Å². The van der Waals surface area contributed by atoms with Crippen LogP contribution in [0.25, 0.3) is 0 Å². The van der Waals surface area contributed by atoms with Gasteiger partial charge in [0.15, 0.2) is 0 Å². The van der Waals surface area contributed by atoms with Crippen LogP contribution in [0.4, 0.5) is 11.4 Å². The zero-order valence-corrected chi connectivity index (χ0v) is 20.9. The van der Waals surface area contributed by atoms with Crippen molar-refractivity contribution in [1.82, 2.24) is 0 Å². The number of sulfonamides is 1. The average molecular weight is 538 g/mol. The Morgan fingerprint density at radius 2 is 1.75 bits per heavy atom. The van der Waals surface area contributed by atoms with Crippen LogP contribution in [0.15, 0.2) is 70.0 Å². The van der Waals surface area contributed by atoms with Crippen LogP contribution in [0.1, 0.15) is 11.1 Å². The highest BCUT2D eigenvalue weighted by Crippen LogP contribution is 2.31. The molecule has 1 N–H and O–H groups in total. The van der Waals surface area contributed by atoms with Crippen LogP contribution < -0.4 is 14.4 Å². The molecule has 3 rings (SSSR count). The number of methoxy groups -OCH3 is 1. The maximum Gasteiger partial charge on any atom is 0.264 e. The van der Waals surface area contributed by atoms with Gasteiger partial charge in [-0.2, -0.15) is 0 Å². The number of ether oxygens (including phenoxy) is 1. The number of anilines is 2. The van der Waals surface area contributed by atoms with Gasteiger partial charge in [0.2, 0.25) is 5.91 Å². The lowest BCUT2D eigenvalue weighted by molar-refractivity contribution is -0.114. The molecule has 0 aromatic heterocycles. The Balaban J connectivity index is 1.96. The third-order valence-corrected chi connectivity index (χ3v) is 7.57. The lowest BCUT2D eigenvalue weighted by atomic mass is 10.2. The fourth-order valence-corrected chi connectivity index (χ4v) is 5.28. The van der Waals surface area contributed by atoms with Gasteiger partial charge in [0.25, 0.3) is 10.0 Å². The molecule has 9 heteroatoms. The van der Waals surface area contributed by atoms with Gasteiger partial charge in [-0.1, -0.05) is 35.4 Å². The number of hydrogen-bond acceptors (Lipinski definition) is 4. The van der Waals surface area contributed by atoms with Crippen LogP contribution in [0.5, 0.6) is 5.75 Å². The first-order chi connectivity index (χ1) is 15.1. The van der Waals surface area contributed by atoms with Crippen LogP contribution in [0, 0.1) is 13.8 Å². The normalized spacial score (nSPS) is 11.2. The molecule has 0 saturated heterocycles. The second-order valence-corrected chi connectivity index (χ2v) is 10.3. The van der Waals surface area contributed by atoms with Crippen molar-refractivity contribution >= 4 is 54.8 Å². The molecule has 3 aromatic rings. The largest absolute Gasteiger partial charge is 0.496 e. The maximum atomic E-state index is 13.5. The van der Waals surface area contributed by atoms with E-state index in [-0.39, 0.29) is 4.90 Å². The average Bonchev–Trinajstić information content (AvgIpc) is 2.75. The fraction of sp³-hybridized carbons (Fsp3) is 0.174. The van der Waals surface area contributed by atoms with Gasteiger partial charge in [-0.25, -0.2) is 8.42 Å². The number of halogens is 2. The highest BCUT2D eigenvalue weighted by molar-refractivity contribution is 9.10. The molecule has 0 aliphatic carbocycles. The van der Waals surface area contributed by atoms with E-state index in [9.17, 15) is 13.2 Å². The summed E-state index contributed by atoms with van der Waals surface area (Å²) in [6, 6.07) is 16.5. The predicted octanol–water partition coefficient (Wildman–Crippen LogP) is 5.56. The highest BCUT2D eigenvalue weighted by atomic mass is 79.9. The lowest BCUT2D eigenvalue weighted by Crippen LogP contribution is -2.38. The topological polar surface area (TPSA) is 75.7 Å². The molecule has 0 aliphatic heterocycles. The van der Waals surface area contributed by atoms with E-state index in [1.165, 1.54) is 19.2 Å². The van der Waals surface area contributed by atoms with E-state index < -0.39 is 22.5 Å². The van der Waals surface area contributed by atoms with Gasteiger partial charge in [0.05, 0.1) is 22.2 Å². The summed E-state index contributed by atoms with van der Waals surface area (Å²) in [5.41, 5.74) is 2.70. The van der Waals surface area contributed by atoms with Crippen LogP contribution in [-0.4, -0.2) is 28.0 Å². The second kappa shape index (κ2) is 9.94. The van der Waals surface area contributed by atoms with E-state index in [4.69, 9.17) is 16.3 Å². The van der Waals surface area contributed by atoms with Gasteiger partial charge in [0, 0.05) is 10.7 Å². The molecule has 0 fully saturated rings. The monoisotopic (exact) mass is 536 g/mol. The highest BCUT2D eigenvalue weighted by Gasteiger charge is 2.28. The summed E-state index contributed by atoms with van der Waals surface area (Å²) in [6.07, 6.45) is 0. The van der Waals surface area contributed by atoms with Crippen molar-refractivity contribution in [1.29, 1.82) is 0 Å². The fourth-order valence-electron chi connectivity index (χ4n) is 2.96. The molecule has 3 aromatic carbocycles. The first kappa shape index (κ1) is 24.1. The van der Waals surface area contributed by atoms with Gasteiger partial charge in [-0.05, 0) is 77.8 Å². The summed E-state index contributed by atoms with van der Waals surface area (Å²) >= 11 is 9.46. The summed E-state index contributed by atoms with van der Waals surface area (Å²) in [4.78, 5) is 12.8. The van der Waals surface area contributed by atoms with Gasteiger partial charge < -0.3 is 10.1 Å². The second-order valence-electron chi connectivity index (χ2n) is 7.16. The molecule has 0 radical (unpaired) electrons. The Morgan fingerprint density at radius 1 is 1.06 bits per heavy atom. The van der Waals surface area contributed by atoms with Crippen LogP contribution in [0.2, 0.25) is 5.02 Å². The van der Waals surface area contributed by atoms with Crippen molar-refractivity contribution in [3.05, 3.63) is 81.3 Å². The van der Waals surface area contributed by atoms with Crippen LogP contribution in [-0.2, 0) is 14.8 Å². The number of hydrogen-bond donors (Lipinski definition) is 1. The summed E-state index contributed by atoms with van der Waals surface area (Å²) in [6.45, 7) is 3.34. The molecule has 0 spiro atoms. The van der Waals surface area contributed by atoms with E-state index >= 15 is 0 Å². The van der Waals surface area contributed by atoms with Crippen molar-refractivity contribution in [2.75, 3.05) is 23.3 Å². The summed E-state index contributed by atoms with van der Waals surface area (Å²) in [5.74, 6) is 0.00137. The molecule has 168 valence electrons. The first-order valence-electron chi connectivity index (χ1n) is 9.61.